The number of hydrogen-bond acceptors (Lipinski definition) is 2. The molecule has 5 rings (SSSR count). The molecule has 4 nitrogen and oxygen atoms in total. The number of hydrogen-bond donors (Lipinski definition) is 1. The summed E-state index contributed by atoms with van der Waals surface area (Å²) < 4.78 is 13.2. The number of carbonyl (C=O) groups excluding carboxylic acids is 1. The molecule has 2 saturated heterocycles. The lowest BCUT2D eigenvalue weighted by Gasteiger charge is -2.33. The molecular formula is C27H32FN3O. The molecule has 168 valence electrons. The number of carbonyl (C=O) groups is 1. The maximum atomic E-state index is 13.2. The smallest absolute Gasteiger partial charge is 0.255 e. The first-order chi connectivity index (χ1) is 15.7. The highest BCUT2D eigenvalue weighted by Gasteiger charge is 2.30. The number of nitrogens with one attached hydrogen (secondary N) is 1. The molecule has 0 radical (unpaired) electrons. The number of fused-ring (bicyclic) bond motifs is 1. The molecule has 5 heteroatoms. The number of aromatic nitrogens is 1. The summed E-state index contributed by atoms with van der Waals surface area (Å²) >= 11 is 0. The number of amides is 1. The van der Waals surface area contributed by atoms with E-state index >= 15 is 0 Å². The van der Waals surface area contributed by atoms with Crippen LogP contribution in [-0.4, -0.2) is 53.4 Å². The first-order valence-electron chi connectivity index (χ1n) is 11.5. The maximum Gasteiger partial charge on any atom is 0.255 e. The minimum absolute atomic E-state index is 0.139. The van der Waals surface area contributed by atoms with Gasteiger partial charge in [-0.2, -0.15) is 0 Å². The van der Waals surface area contributed by atoms with Gasteiger partial charge in [-0.3, -0.25) is 4.79 Å². The third-order valence-electron chi connectivity index (χ3n) is 6.84. The van der Waals surface area contributed by atoms with Crippen LogP contribution in [0.15, 0.2) is 67.9 Å². The monoisotopic (exact) mass is 433 g/mol. The number of aromatic amines is 1. The largest absolute Gasteiger partial charge is 0.361 e. The second-order valence-electron chi connectivity index (χ2n) is 8.78. The van der Waals surface area contributed by atoms with Gasteiger partial charge in [0, 0.05) is 31.2 Å². The molecule has 2 aliphatic heterocycles. The predicted molar refractivity (Wildman–Crippen MR) is 128 cm³/mol. The summed E-state index contributed by atoms with van der Waals surface area (Å²) in [5.41, 5.74) is 2.97. The van der Waals surface area contributed by atoms with Crippen molar-refractivity contribution in [3.63, 3.8) is 0 Å². The zero-order valence-corrected chi connectivity index (χ0v) is 18.6. The van der Waals surface area contributed by atoms with E-state index in [1.54, 1.807) is 12.1 Å². The van der Waals surface area contributed by atoms with Gasteiger partial charge in [-0.05, 0) is 74.0 Å². The van der Waals surface area contributed by atoms with Crippen LogP contribution < -0.4 is 0 Å². The third kappa shape index (κ3) is 4.78. The van der Waals surface area contributed by atoms with Gasteiger partial charge < -0.3 is 14.8 Å². The molecular weight excluding hydrogens is 401 g/mol. The van der Waals surface area contributed by atoms with Gasteiger partial charge in [0.1, 0.15) is 5.82 Å². The van der Waals surface area contributed by atoms with Crippen LogP contribution in [0.5, 0.6) is 0 Å². The highest BCUT2D eigenvalue weighted by Crippen LogP contribution is 2.30. The Kier molecular flexibility index (Phi) is 7.05. The Balaban J connectivity index is 0.00000119. The topological polar surface area (TPSA) is 39.3 Å². The van der Waals surface area contributed by atoms with E-state index in [1.165, 1.54) is 5.56 Å². The fourth-order valence-electron chi connectivity index (χ4n) is 5.15. The Morgan fingerprint density at radius 3 is 2.50 bits per heavy atom. The number of para-hydroxylation sites is 1. The normalized spacial score (nSPS) is 19.7. The van der Waals surface area contributed by atoms with Gasteiger partial charge >= 0.3 is 0 Å². The molecule has 0 aliphatic carbocycles. The van der Waals surface area contributed by atoms with Crippen LogP contribution in [0.2, 0.25) is 0 Å². The summed E-state index contributed by atoms with van der Waals surface area (Å²) in [6.45, 7) is 10.9. The zero-order valence-electron chi connectivity index (χ0n) is 18.6. The van der Waals surface area contributed by atoms with E-state index in [-0.39, 0.29) is 11.7 Å². The van der Waals surface area contributed by atoms with Crippen molar-refractivity contribution in [1.82, 2.24) is 14.8 Å². The first-order valence-corrected chi connectivity index (χ1v) is 11.5. The van der Waals surface area contributed by atoms with E-state index in [9.17, 15) is 9.18 Å². The summed E-state index contributed by atoms with van der Waals surface area (Å²) in [4.78, 5) is 20.9. The van der Waals surface area contributed by atoms with E-state index in [4.69, 9.17) is 0 Å². The fraction of sp³-hybridized carbons (Fsp3) is 0.370. The van der Waals surface area contributed by atoms with Gasteiger partial charge in [0.2, 0.25) is 0 Å². The second-order valence-corrected chi connectivity index (χ2v) is 8.78. The van der Waals surface area contributed by atoms with Crippen LogP contribution in [-0.2, 0) is 0 Å². The quantitative estimate of drug-likeness (QED) is 0.556. The lowest BCUT2D eigenvalue weighted by molar-refractivity contribution is 0.0783. The maximum absolute atomic E-state index is 13.2. The van der Waals surface area contributed by atoms with Crippen molar-refractivity contribution < 1.29 is 9.18 Å². The number of likely N-dealkylation sites (tertiary alicyclic amines) is 2. The molecule has 3 aromatic rings. The summed E-state index contributed by atoms with van der Waals surface area (Å²) in [5.74, 6) is 1.05. The standard InChI is InChI=1S/C25H28FN3O.C2H4/c26-22-6-4-19(5-7-22)20-10-13-28(14-11-20)16-18-9-15-29(17-18)25(30)23-3-1-2-21-8-12-27-24(21)23;1-2/h1-8,12,18,20,27H,9-11,13-17H2;1-2H2/t18-;/m1./s1. The zero-order chi connectivity index (χ0) is 22.5. The molecule has 1 amide bonds. The molecule has 2 aliphatic rings. The Hall–Kier alpha value is -2.92. The van der Waals surface area contributed by atoms with Crippen LogP contribution in [0.1, 0.15) is 41.1 Å². The Bertz CT molecular complexity index is 1040. The minimum Gasteiger partial charge on any atom is -0.361 e. The summed E-state index contributed by atoms with van der Waals surface area (Å²) in [7, 11) is 0. The van der Waals surface area contributed by atoms with Gasteiger partial charge in [0.15, 0.2) is 0 Å². The van der Waals surface area contributed by atoms with Gasteiger partial charge in [-0.1, -0.05) is 24.3 Å². The predicted octanol–water partition coefficient (Wildman–Crippen LogP) is 5.45. The first kappa shape index (κ1) is 22.3. The molecule has 2 fully saturated rings. The van der Waals surface area contributed by atoms with Crippen molar-refractivity contribution in [2.45, 2.75) is 25.2 Å². The molecule has 32 heavy (non-hydrogen) atoms. The molecule has 0 spiro atoms. The van der Waals surface area contributed by atoms with Gasteiger partial charge in [-0.15, -0.1) is 13.2 Å². The van der Waals surface area contributed by atoms with E-state index in [2.05, 4.69) is 23.0 Å². The highest BCUT2D eigenvalue weighted by molar-refractivity contribution is 6.05. The van der Waals surface area contributed by atoms with Crippen LogP contribution in [0.25, 0.3) is 10.9 Å². The highest BCUT2D eigenvalue weighted by atomic mass is 19.1. The Labute approximate surface area is 189 Å². The number of benzene rings is 2. The Morgan fingerprint density at radius 1 is 1.00 bits per heavy atom. The molecule has 1 aromatic heterocycles. The lowest BCUT2D eigenvalue weighted by Crippen LogP contribution is -2.37. The van der Waals surface area contributed by atoms with Crippen LogP contribution in [0.4, 0.5) is 4.39 Å². The van der Waals surface area contributed by atoms with Crippen molar-refractivity contribution in [3.8, 4) is 0 Å². The summed E-state index contributed by atoms with van der Waals surface area (Å²) in [6.07, 6.45) is 5.21. The SMILES string of the molecule is C=C.O=C(c1cccc2cc[nH]c12)N1CC[C@H](CN2CCC(c3ccc(F)cc3)CC2)C1. The molecule has 0 unspecified atom stereocenters. The number of halogens is 1. The van der Waals surface area contributed by atoms with Crippen molar-refractivity contribution >= 4 is 16.8 Å². The van der Waals surface area contributed by atoms with E-state index in [0.29, 0.717) is 11.8 Å². The van der Waals surface area contributed by atoms with E-state index in [1.807, 2.05) is 47.5 Å². The lowest BCUT2D eigenvalue weighted by atomic mass is 9.89. The van der Waals surface area contributed by atoms with Gasteiger partial charge in [0.25, 0.3) is 5.91 Å². The summed E-state index contributed by atoms with van der Waals surface area (Å²) in [5, 5.41) is 1.08. The second kappa shape index (κ2) is 10.1. The minimum atomic E-state index is -0.163. The van der Waals surface area contributed by atoms with Crippen molar-refractivity contribution in [2.75, 3.05) is 32.7 Å². The van der Waals surface area contributed by atoms with Crippen LogP contribution in [0.3, 0.4) is 0 Å². The molecule has 1 atom stereocenters. The summed E-state index contributed by atoms with van der Waals surface area (Å²) in [6, 6.07) is 14.9. The molecule has 0 saturated carbocycles. The van der Waals surface area contributed by atoms with Gasteiger partial charge in [-0.25, -0.2) is 4.39 Å². The fourth-order valence-corrected chi connectivity index (χ4v) is 5.15. The number of rotatable bonds is 4. The van der Waals surface area contributed by atoms with Crippen LogP contribution >= 0.6 is 0 Å². The van der Waals surface area contributed by atoms with E-state index < -0.39 is 0 Å². The third-order valence-corrected chi connectivity index (χ3v) is 6.84. The van der Waals surface area contributed by atoms with E-state index in [0.717, 1.165) is 68.5 Å². The molecule has 0 bridgehead atoms. The number of nitrogens with zero attached hydrogens (tertiary/aromatic N) is 2. The number of piperidine rings is 1. The molecule has 2 aromatic carbocycles. The Morgan fingerprint density at radius 2 is 1.75 bits per heavy atom. The average molecular weight is 434 g/mol. The average Bonchev–Trinajstić information content (AvgIpc) is 3.51. The van der Waals surface area contributed by atoms with Crippen molar-refractivity contribution in [2.24, 2.45) is 5.92 Å². The van der Waals surface area contributed by atoms with Crippen molar-refractivity contribution in [3.05, 3.63) is 84.8 Å². The number of H-pyrrole nitrogens is 1. The van der Waals surface area contributed by atoms with Gasteiger partial charge in [0.05, 0.1) is 11.1 Å². The van der Waals surface area contributed by atoms with Crippen molar-refractivity contribution in [1.29, 1.82) is 0 Å². The van der Waals surface area contributed by atoms with Crippen LogP contribution in [0, 0.1) is 11.7 Å². The molecule has 1 N–H and O–H groups in total. The molecule has 3 heterocycles.